The molecular weight excluding hydrogens is 477 g/mol. The van der Waals surface area contributed by atoms with Crippen molar-refractivity contribution in [2.24, 2.45) is 0 Å². The van der Waals surface area contributed by atoms with Crippen molar-refractivity contribution >= 4 is 23.0 Å². The van der Waals surface area contributed by atoms with Gasteiger partial charge in [-0.15, -0.1) is 0 Å². The fourth-order valence-corrected chi connectivity index (χ4v) is 4.64. The molecule has 2 aliphatic rings. The van der Waals surface area contributed by atoms with E-state index in [2.05, 4.69) is 26.2 Å². The molecule has 0 radical (unpaired) electrons. The minimum absolute atomic E-state index is 0.0177. The molecule has 9 nitrogen and oxygen atoms in total. The van der Waals surface area contributed by atoms with Gasteiger partial charge in [0, 0.05) is 75.7 Å². The molecule has 36 heavy (non-hydrogen) atoms. The molecule has 194 valence electrons. The number of nitrogens with one attached hydrogen (secondary N) is 1. The van der Waals surface area contributed by atoms with Crippen molar-refractivity contribution in [1.82, 2.24) is 14.8 Å². The number of alkyl halides is 3. The second-order valence-corrected chi connectivity index (χ2v) is 9.19. The SMILES string of the molecule is Cc1ccc(N2CCN(CCC(=O)N3CCC(Nc4ccc([N+](=O)[O-])c(C(F)(F)F)c4)C3)CC2)cn1. The first-order valence-electron chi connectivity index (χ1n) is 11.9. The van der Waals surface area contributed by atoms with E-state index < -0.39 is 22.4 Å². The molecule has 1 amide bonds. The van der Waals surface area contributed by atoms with Gasteiger partial charge in [0.1, 0.15) is 5.56 Å². The van der Waals surface area contributed by atoms with Gasteiger partial charge < -0.3 is 15.1 Å². The zero-order chi connectivity index (χ0) is 25.9. The summed E-state index contributed by atoms with van der Waals surface area (Å²) in [5.41, 5.74) is -0.0416. The fraction of sp³-hybridized carbons (Fsp3) is 0.500. The number of pyridine rings is 1. The smallest absolute Gasteiger partial charge is 0.380 e. The molecule has 0 spiro atoms. The van der Waals surface area contributed by atoms with E-state index in [0.29, 0.717) is 32.5 Å². The van der Waals surface area contributed by atoms with Crippen molar-refractivity contribution in [3.63, 3.8) is 0 Å². The molecule has 4 rings (SSSR count). The number of hydrogen-bond acceptors (Lipinski definition) is 7. The molecule has 2 aromatic rings. The van der Waals surface area contributed by atoms with Gasteiger partial charge in [0.05, 0.1) is 16.8 Å². The van der Waals surface area contributed by atoms with Crippen LogP contribution in [0.15, 0.2) is 36.5 Å². The van der Waals surface area contributed by atoms with Crippen LogP contribution in [-0.2, 0) is 11.0 Å². The Bertz CT molecular complexity index is 1090. The number of benzene rings is 1. The van der Waals surface area contributed by atoms with Crippen LogP contribution in [0.3, 0.4) is 0 Å². The normalized spacial score (nSPS) is 18.9. The van der Waals surface area contributed by atoms with Gasteiger partial charge in [0.2, 0.25) is 5.91 Å². The van der Waals surface area contributed by atoms with Crippen molar-refractivity contribution in [2.75, 3.05) is 56.0 Å². The van der Waals surface area contributed by atoms with Gasteiger partial charge in [0.15, 0.2) is 0 Å². The second kappa shape index (κ2) is 10.7. The molecule has 1 unspecified atom stereocenters. The lowest BCUT2D eigenvalue weighted by Gasteiger charge is -2.36. The highest BCUT2D eigenvalue weighted by Gasteiger charge is 2.38. The second-order valence-electron chi connectivity index (χ2n) is 9.19. The highest BCUT2D eigenvalue weighted by molar-refractivity contribution is 5.77. The number of likely N-dealkylation sites (tertiary alicyclic amines) is 1. The number of rotatable bonds is 7. The first kappa shape index (κ1) is 25.7. The third kappa shape index (κ3) is 6.23. The van der Waals surface area contributed by atoms with Crippen LogP contribution in [0.2, 0.25) is 0 Å². The van der Waals surface area contributed by atoms with Crippen LogP contribution in [0, 0.1) is 17.0 Å². The molecule has 2 saturated heterocycles. The lowest BCUT2D eigenvalue weighted by molar-refractivity contribution is -0.388. The summed E-state index contributed by atoms with van der Waals surface area (Å²) in [6.07, 6.45) is -1.98. The minimum Gasteiger partial charge on any atom is -0.380 e. The Hall–Kier alpha value is -3.41. The molecule has 1 aromatic carbocycles. The summed E-state index contributed by atoms with van der Waals surface area (Å²) in [4.78, 5) is 33.3. The Morgan fingerprint density at radius 3 is 2.56 bits per heavy atom. The predicted octanol–water partition coefficient (Wildman–Crippen LogP) is 3.54. The van der Waals surface area contributed by atoms with E-state index in [1.54, 1.807) is 4.90 Å². The van der Waals surface area contributed by atoms with Crippen LogP contribution < -0.4 is 10.2 Å². The van der Waals surface area contributed by atoms with Gasteiger partial charge in [-0.1, -0.05) is 0 Å². The van der Waals surface area contributed by atoms with E-state index in [4.69, 9.17) is 0 Å². The molecule has 1 aromatic heterocycles. The maximum absolute atomic E-state index is 13.2. The number of aromatic nitrogens is 1. The number of hydrogen-bond donors (Lipinski definition) is 1. The molecule has 0 saturated carbocycles. The molecule has 12 heteroatoms. The number of nitro benzene ring substituents is 1. The minimum atomic E-state index is -4.83. The molecular formula is C24H29F3N6O3. The summed E-state index contributed by atoms with van der Waals surface area (Å²) < 4.78 is 39.7. The quantitative estimate of drug-likeness (QED) is 0.453. The number of halogens is 3. The maximum Gasteiger partial charge on any atom is 0.423 e. The van der Waals surface area contributed by atoms with E-state index in [0.717, 1.165) is 49.7 Å². The molecule has 1 N–H and O–H groups in total. The monoisotopic (exact) mass is 506 g/mol. The zero-order valence-corrected chi connectivity index (χ0v) is 20.0. The Kier molecular flexibility index (Phi) is 7.62. The van der Waals surface area contributed by atoms with Crippen molar-refractivity contribution < 1.29 is 22.9 Å². The summed E-state index contributed by atoms with van der Waals surface area (Å²) in [5, 5.41) is 13.9. The van der Waals surface area contributed by atoms with Crippen LogP contribution >= 0.6 is 0 Å². The van der Waals surface area contributed by atoms with Crippen molar-refractivity contribution in [1.29, 1.82) is 0 Å². The summed E-state index contributed by atoms with van der Waals surface area (Å²) in [5.74, 6) is 0.0177. The van der Waals surface area contributed by atoms with Crippen LogP contribution in [0.4, 0.5) is 30.2 Å². The third-order valence-corrected chi connectivity index (χ3v) is 6.69. The Balaban J connectivity index is 1.23. The predicted molar refractivity (Wildman–Crippen MR) is 129 cm³/mol. The highest BCUT2D eigenvalue weighted by Crippen LogP contribution is 2.37. The number of anilines is 2. The van der Waals surface area contributed by atoms with E-state index >= 15 is 0 Å². The number of carbonyl (C=O) groups excluding carboxylic acids is 1. The van der Waals surface area contributed by atoms with Crippen molar-refractivity contribution in [3.8, 4) is 0 Å². The summed E-state index contributed by atoms with van der Waals surface area (Å²) in [6, 6.07) is 6.73. The van der Waals surface area contributed by atoms with E-state index in [-0.39, 0.29) is 17.6 Å². The Morgan fingerprint density at radius 1 is 1.17 bits per heavy atom. The van der Waals surface area contributed by atoms with Gasteiger partial charge in [-0.05, 0) is 37.6 Å². The van der Waals surface area contributed by atoms with Gasteiger partial charge >= 0.3 is 6.18 Å². The van der Waals surface area contributed by atoms with Gasteiger partial charge in [0.25, 0.3) is 5.69 Å². The number of aryl methyl sites for hydroxylation is 1. The van der Waals surface area contributed by atoms with Gasteiger partial charge in [-0.2, -0.15) is 13.2 Å². The van der Waals surface area contributed by atoms with Gasteiger partial charge in [-0.3, -0.25) is 24.8 Å². The van der Waals surface area contributed by atoms with Gasteiger partial charge in [-0.25, -0.2) is 0 Å². The molecule has 0 bridgehead atoms. The highest BCUT2D eigenvalue weighted by atomic mass is 19.4. The lowest BCUT2D eigenvalue weighted by atomic mass is 10.1. The van der Waals surface area contributed by atoms with E-state index in [9.17, 15) is 28.1 Å². The van der Waals surface area contributed by atoms with Crippen molar-refractivity contribution in [2.45, 2.75) is 32.0 Å². The van der Waals surface area contributed by atoms with Crippen LogP contribution in [0.25, 0.3) is 0 Å². The average Bonchev–Trinajstić information content (AvgIpc) is 3.31. The standard InChI is InChI=1S/C24H29F3N6O3/c1-17-2-4-20(15-28-17)31-12-10-30(11-13-31)8-7-23(34)32-9-6-19(16-32)29-18-3-5-22(33(35)36)21(14-18)24(25,26)27/h2-5,14-15,19,29H,6-13,16H2,1H3. The summed E-state index contributed by atoms with van der Waals surface area (Å²) in [7, 11) is 0. The molecule has 2 aliphatic heterocycles. The first-order valence-corrected chi connectivity index (χ1v) is 11.9. The Labute approximate surface area is 207 Å². The lowest BCUT2D eigenvalue weighted by Crippen LogP contribution is -2.47. The van der Waals surface area contributed by atoms with Crippen molar-refractivity contribution in [3.05, 3.63) is 57.9 Å². The number of amides is 1. The Morgan fingerprint density at radius 2 is 1.92 bits per heavy atom. The molecule has 3 heterocycles. The maximum atomic E-state index is 13.2. The van der Waals surface area contributed by atoms with Crippen LogP contribution in [0.1, 0.15) is 24.1 Å². The fourth-order valence-electron chi connectivity index (χ4n) is 4.64. The zero-order valence-electron chi connectivity index (χ0n) is 20.0. The number of carbonyl (C=O) groups is 1. The van der Waals surface area contributed by atoms with Crippen LogP contribution in [0.5, 0.6) is 0 Å². The number of piperazine rings is 1. The molecule has 0 aliphatic carbocycles. The largest absolute Gasteiger partial charge is 0.423 e. The van der Waals surface area contributed by atoms with E-state index in [1.165, 1.54) is 6.07 Å². The number of nitro groups is 1. The third-order valence-electron chi connectivity index (χ3n) is 6.69. The number of nitrogens with zero attached hydrogens (tertiary/aromatic N) is 5. The summed E-state index contributed by atoms with van der Waals surface area (Å²) in [6.45, 7) is 6.95. The molecule has 2 fully saturated rings. The summed E-state index contributed by atoms with van der Waals surface area (Å²) >= 11 is 0. The average molecular weight is 507 g/mol. The van der Waals surface area contributed by atoms with E-state index in [1.807, 2.05) is 19.2 Å². The first-order chi connectivity index (χ1) is 17.1. The van der Waals surface area contributed by atoms with Crippen LogP contribution in [-0.4, -0.2) is 77.5 Å². The molecule has 1 atom stereocenters. The topological polar surface area (TPSA) is 94.8 Å².